The molecular weight excluding hydrogens is 204 g/mol. The minimum atomic E-state index is 0.182. The fourth-order valence-electron chi connectivity index (χ4n) is 2.07. The van der Waals surface area contributed by atoms with Crippen LogP contribution in [0.25, 0.3) is 0 Å². The Kier molecular flexibility index (Phi) is 3.61. The minimum Gasteiger partial charge on any atom is -0.444 e. The maximum Gasteiger partial charge on any atom is 0.211 e. The normalized spacial score (nSPS) is 26.4. The Morgan fingerprint density at radius 1 is 1.62 bits per heavy atom. The smallest absolute Gasteiger partial charge is 0.211 e. The van der Waals surface area contributed by atoms with Gasteiger partial charge < -0.3 is 14.5 Å². The molecule has 4 nitrogen and oxygen atoms in total. The first-order valence-corrected chi connectivity index (χ1v) is 5.99. The predicted octanol–water partition coefficient (Wildman–Crippen LogP) is 2.20. The first-order chi connectivity index (χ1) is 7.69. The molecule has 1 atom stereocenters. The predicted molar refractivity (Wildman–Crippen MR) is 61.2 cm³/mol. The highest BCUT2D eigenvalue weighted by molar-refractivity contribution is 4.97. The van der Waals surface area contributed by atoms with E-state index in [-0.39, 0.29) is 6.04 Å². The van der Waals surface area contributed by atoms with Crippen LogP contribution in [0.1, 0.15) is 44.4 Å². The second-order valence-corrected chi connectivity index (χ2v) is 4.44. The molecule has 1 aromatic heterocycles. The summed E-state index contributed by atoms with van der Waals surface area (Å²) in [4.78, 5) is 4.22. The highest BCUT2D eigenvalue weighted by Crippen LogP contribution is 2.26. The number of oxazole rings is 1. The van der Waals surface area contributed by atoms with E-state index in [1.165, 1.54) is 0 Å². The Morgan fingerprint density at radius 2 is 2.38 bits per heavy atom. The maximum atomic E-state index is 5.52. The maximum absolute atomic E-state index is 5.52. The third-order valence-corrected chi connectivity index (χ3v) is 2.99. The summed E-state index contributed by atoms with van der Waals surface area (Å²) < 4.78 is 11.0. The average molecular weight is 224 g/mol. The molecule has 16 heavy (non-hydrogen) atoms. The van der Waals surface area contributed by atoms with Crippen molar-refractivity contribution in [3.63, 3.8) is 0 Å². The average Bonchev–Trinajstić information content (AvgIpc) is 2.61. The Morgan fingerprint density at radius 3 is 2.94 bits per heavy atom. The van der Waals surface area contributed by atoms with Gasteiger partial charge in [0.15, 0.2) is 0 Å². The van der Waals surface area contributed by atoms with E-state index >= 15 is 0 Å². The Bertz CT molecular complexity index is 332. The molecule has 0 amide bonds. The molecule has 90 valence electrons. The van der Waals surface area contributed by atoms with Crippen LogP contribution in [0.15, 0.2) is 10.6 Å². The Hall–Kier alpha value is -0.870. The Labute approximate surface area is 96.4 Å². The molecule has 1 N–H and O–H groups in total. The van der Waals surface area contributed by atoms with E-state index in [2.05, 4.69) is 17.2 Å². The number of hydrogen-bond donors (Lipinski definition) is 1. The van der Waals surface area contributed by atoms with Crippen LogP contribution in [0.2, 0.25) is 0 Å². The third-order valence-electron chi connectivity index (χ3n) is 2.99. The van der Waals surface area contributed by atoms with E-state index in [4.69, 9.17) is 9.15 Å². The first kappa shape index (κ1) is 11.6. The highest BCUT2D eigenvalue weighted by atomic mass is 16.5. The molecule has 0 bridgehead atoms. The summed E-state index contributed by atoms with van der Waals surface area (Å²) in [5.41, 5.74) is 0. The summed E-state index contributed by atoms with van der Waals surface area (Å²) >= 11 is 0. The number of nitrogens with one attached hydrogen (secondary N) is 1. The molecule has 0 aliphatic heterocycles. The van der Waals surface area contributed by atoms with Gasteiger partial charge in [-0.25, -0.2) is 4.98 Å². The zero-order valence-electron chi connectivity index (χ0n) is 10.2. The first-order valence-electron chi connectivity index (χ1n) is 5.99. The molecule has 0 spiro atoms. The summed E-state index contributed by atoms with van der Waals surface area (Å²) in [6.45, 7) is 6.85. The number of hydrogen-bond acceptors (Lipinski definition) is 4. The van der Waals surface area contributed by atoms with Crippen LogP contribution >= 0.6 is 0 Å². The van der Waals surface area contributed by atoms with Gasteiger partial charge in [-0.3, -0.25) is 0 Å². The molecule has 4 heteroatoms. The quantitative estimate of drug-likeness (QED) is 0.833. The molecule has 1 saturated carbocycles. The van der Waals surface area contributed by atoms with Gasteiger partial charge in [-0.15, -0.1) is 0 Å². The Balaban J connectivity index is 1.75. The van der Waals surface area contributed by atoms with Gasteiger partial charge >= 0.3 is 0 Å². The fraction of sp³-hybridized carbons (Fsp3) is 0.750. The largest absolute Gasteiger partial charge is 0.444 e. The van der Waals surface area contributed by atoms with E-state index in [1.54, 1.807) is 6.20 Å². The zero-order chi connectivity index (χ0) is 11.5. The summed E-state index contributed by atoms with van der Waals surface area (Å²) in [5, 5.41) is 3.50. The van der Waals surface area contributed by atoms with Gasteiger partial charge in [0.05, 0.1) is 18.3 Å². The standard InChI is InChI=1S/C12H20N2O2/c1-4-15-11-5-10(6-11)14-9(3)12-13-7-8(2)16-12/h7,9-11,14H,4-6H2,1-3H3. The van der Waals surface area contributed by atoms with Crippen molar-refractivity contribution in [2.75, 3.05) is 6.61 Å². The van der Waals surface area contributed by atoms with Gasteiger partial charge in [-0.2, -0.15) is 0 Å². The molecule has 1 aliphatic rings. The van der Waals surface area contributed by atoms with Crippen LogP contribution in [0, 0.1) is 6.92 Å². The van der Waals surface area contributed by atoms with E-state index in [0.29, 0.717) is 12.1 Å². The summed E-state index contributed by atoms with van der Waals surface area (Å²) in [6, 6.07) is 0.722. The van der Waals surface area contributed by atoms with E-state index in [1.807, 2.05) is 13.8 Å². The van der Waals surface area contributed by atoms with Gasteiger partial charge in [-0.05, 0) is 33.6 Å². The molecule has 1 heterocycles. The van der Waals surface area contributed by atoms with Crippen LogP contribution in [0.5, 0.6) is 0 Å². The van der Waals surface area contributed by atoms with Crippen LogP contribution in [0.3, 0.4) is 0 Å². The number of ether oxygens (including phenoxy) is 1. The van der Waals surface area contributed by atoms with E-state index in [9.17, 15) is 0 Å². The number of nitrogens with zero attached hydrogens (tertiary/aromatic N) is 1. The van der Waals surface area contributed by atoms with Crippen molar-refractivity contribution in [3.05, 3.63) is 17.8 Å². The van der Waals surface area contributed by atoms with Crippen LogP contribution < -0.4 is 5.32 Å². The lowest BCUT2D eigenvalue weighted by Crippen LogP contribution is -2.46. The highest BCUT2D eigenvalue weighted by Gasteiger charge is 2.31. The summed E-state index contributed by atoms with van der Waals surface area (Å²) in [5.74, 6) is 1.64. The van der Waals surface area contributed by atoms with Crippen molar-refractivity contribution in [3.8, 4) is 0 Å². The molecule has 1 aromatic rings. The molecule has 2 rings (SSSR count). The zero-order valence-corrected chi connectivity index (χ0v) is 10.2. The van der Waals surface area contributed by atoms with Crippen LogP contribution in [-0.2, 0) is 4.74 Å². The van der Waals surface area contributed by atoms with Crippen LogP contribution in [0.4, 0.5) is 0 Å². The van der Waals surface area contributed by atoms with Gasteiger partial charge in [0, 0.05) is 12.6 Å². The van der Waals surface area contributed by atoms with Crippen molar-refractivity contribution in [1.29, 1.82) is 0 Å². The van der Waals surface area contributed by atoms with Crippen molar-refractivity contribution < 1.29 is 9.15 Å². The lowest BCUT2D eigenvalue weighted by molar-refractivity contribution is -0.0126. The topological polar surface area (TPSA) is 47.3 Å². The molecule has 1 aliphatic carbocycles. The fourth-order valence-corrected chi connectivity index (χ4v) is 2.07. The summed E-state index contributed by atoms with van der Waals surface area (Å²) in [7, 11) is 0. The van der Waals surface area contributed by atoms with E-state index < -0.39 is 0 Å². The second-order valence-electron chi connectivity index (χ2n) is 4.44. The third kappa shape index (κ3) is 2.62. The minimum absolute atomic E-state index is 0.182. The second kappa shape index (κ2) is 4.97. The van der Waals surface area contributed by atoms with Gasteiger partial charge in [0.25, 0.3) is 0 Å². The molecule has 0 aromatic carbocycles. The van der Waals surface area contributed by atoms with Gasteiger partial charge in [0.2, 0.25) is 5.89 Å². The van der Waals surface area contributed by atoms with Crippen molar-refractivity contribution in [1.82, 2.24) is 10.3 Å². The lowest BCUT2D eigenvalue weighted by atomic mass is 9.88. The van der Waals surface area contributed by atoms with Crippen LogP contribution in [-0.4, -0.2) is 23.7 Å². The SMILES string of the molecule is CCOC1CC(NC(C)c2ncc(C)o2)C1. The van der Waals surface area contributed by atoms with Gasteiger partial charge in [-0.1, -0.05) is 0 Å². The van der Waals surface area contributed by atoms with Crippen molar-refractivity contribution in [2.45, 2.75) is 51.8 Å². The van der Waals surface area contributed by atoms with Crippen molar-refractivity contribution in [2.24, 2.45) is 0 Å². The monoisotopic (exact) mass is 224 g/mol. The van der Waals surface area contributed by atoms with Crippen molar-refractivity contribution >= 4 is 0 Å². The molecule has 1 unspecified atom stereocenters. The molecule has 1 fully saturated rings. The lowest BCUT2D eigenvalue weighted by Gasteiger charge is -2.36. The number of aromatic nitrogens is 1. The molecule has 0 saturated heterocycles. The molecular formula is C12H20N2O2. The number of aryl methyl sites for hydroxylation is 1. The van der Waals surface area contributed by atoms with E-state index in [0.717, 1.165) is 31.1 Å². The summed E-state index contributed by atoms with van der Waals surface area (Å²) in [6.07, 6.45) is 4.40. The van der Waals surface area contributed by atoms with Gasteiger partial charge in [0.1, 0.15) is 5.76 Å². The molecule has 0 radical (unpaired) electrons. The number of rotatable bonds is 5.